The summed E-state index contributed by atoms with van der Waals surface area (Å²) in [4.78, 5) is 7.87. The summed E-state index contributed by atoms with van der Waals surface area (Å²) in [5.74, 6) is 1.59. The molecule has 0 bridgehead atoms. The fraction of sp³-hybridized carbons (Fsp3) is 0.0714. The van der Waals surface area contributed by atoms with E-state index >= 15 is 0 Å². The molecular formula is C14H10BrClN2O. The topological polar surface area (TPSA) is 37.9 Å². The van der Waals surface area contributed by atoms with Gasteiger partial charge in [-0.25, -0.2) is 4.98 Å². The van der Waals surface area contributed by atoms with Crippen molar-refractivity contribution in [1.82, 2.24) is 9.97 Å². The van der Waals surface area contributed by atoms with E-state index in [1.165, 1.54) is 0 Å². The first-order chi connectivity index (χ1) is 9.17. The van der Waals surface area contributed by atoms with E-state index in [2.05, 4.69) is 25.9 Å². The summed E-state index contributed by atoms with van der Waals surface area (Å²) in [6.45, 7) is 0. The molecule has 3 aromatic rings. The van der Waals surface area contributed by atoms with Crippen molar-refractivity contribution in [2.24, 2.45) is 0 Å². The molecular weight excluding hydrogens is 328 g/mol. The molecule has 3 rings (SSSR count). The lowest BCUT2D eigenvalue weighted by Crippen LogP contribution is -1.82. The predicted octanol–water partition coefficient (Wildman–Crippen LogP) is 4.65. The van der Waals surface area contributed by atoms with E-state index in [0.717, 1.165) is 32.6 Å². The zero-order valence-electron chi connectivity index (χ0n) is 10.1. The van der Waals surface area contributed by atoms with Crippen LogP contribution in [0.4, 0.5) is 0 Å². The predicted molar refractivity (Wildman–Crippen MR) is 80.8 cm³/mol. The zero-order chi connectivity index (χ0) is 13.4. The third-order valence-corrected chi connectivity index (χ3v) is 3.72. The van der Waals surface area contributed by atoms with Crippen molar-refractivity contribution in [3.05, 3.63) is 45.9 Å². The lowest BCUT2D eigenvalue weighted by atomic mass is 10.2. The lowest BCUT2D eigenvalue weighted by molar-refractivity contribution is 0.415. The molecule has 0 spiro atoms. The van der Waals surface area contributed by atoms with E-state index in [-0.39, 0.29) is 0 Å². The van der Waals surface area contributed by atoms with Gasteiger partial charge in [-0.1, -0.05) is 11.6 Å². The Hall–Kier alpha value is -1.52. The molecule has 0 unspecified atom stereocenters. The molecule has 0 aliphatic rings. The first kappa shape index (κ1) is 12.5. The highest BCUT2D eigenvalue weighted by Crippen LogP contribution is 2.30. The number of nitrogens with one attached hydrogen (secondary N) is 1. The molecule has 1 N–H and O–H groups in total. The van der Waals surface area contributed by atoms with Crippen LogP contribution in [0.2, 0.25) is 5.02 Å². The van der Waals surface area contributed by atoms with E-state index in [1.807, 2.05) is 36.4 Å². The van der Waals surface area contributed by atoms with Gasteiger partial charge in [-0.15, -0.1) is 0 Å². The zero-order valence-corrected chi connectivity index (χ0v) is 12.4. The first-order valence-corrected chi connectivity index (χ1v) is 6.83. The van der Waals surface area contributed by atoms with Gasteiger partial charge in [-0.05, 0) is 46.3 Å². The van der Waals surface area contributed by atoms with Crippen LogP contribution < -0.4 is 4.74 Å². The summed E-state index contributed by atoms with van der Waals surface area (Å²) in [5.41, 5.74) is 2.80. The minimum absolute atomic E-state index is 0.711. The molecule has 1 heterocycles. The number of methoxy groups -OCH3 is 1. The fourth-order valence-corrected chi connectivity index (χ4v) is 2.57. The number of imidazole rings is 1. The second-order valence-corrected chi connectivity index (χ2v) is 5.39. The molecule has 0 saturated carbocycles. The number of aromatic amines is 1. The average Bonchev–Trinajstić information content (AvgIpc) is 2.84. The molecule has 96 valence electrons. The van der Waals surface area contributed by atoms with Gasteiger partial charge >= 0.3 is 0 Å². The molecule has 19 heavy (non-hydrogen) atoms. The van der Waals surface area contributed by atoms with E-state index in [1.54, 1.807) is 7.11 Å². The molecule has 0 amide bonds. The minimum Gasteiger partial charge on any atom is -0.497 e. The monoisotopic (exact) mass is 336 g/mol. The van der Waals surface area contributed by atoms with Gasteiger partial charge in [0.05, 0.1) is 12.6 Å². The first-order valence-electron chi connectivity index (χ1n) is 5.66. The van der Waals surface area contributed by atoms with E-state index in [9.17, 15) is 0 Å². The van der Waals surface area contributed by atoms with Crippen LogP contribution in [0, 0.1) is 0 Å². The Kier molecular flexibility index (Phi) is 3.21. The average molecular weight is 338 g/mol. The fourth-order valence-electron chi connectivity index (χ4n) is 1.91. The van der Waals surface area contributed by atoms with Gasteiger partial charge in [0.15, 0.2) is 0 Å². The Labute approximate surface area is 123 Å². The Morgan fingerprint density at radius 2 is 1.95 bits per heavy atom. The normalized spacial score (nSPS) is 10.9. The number of rotatable bonds is 2. The molecule has 3 nitrogen and oxygen atoms in total. The Bertz CT molecular complexity index is 737. The number of ether oxygens (including phenoxy) is 1. The van der Waals surface area contributed by atoms with Crippen LogP contribution in [-0.4, -0.2) is 17.1 Å². The molecule has 0 atom stereocenters. The molecule has 0 fully saturated rings. The largest absolute Gasteiger partial charge is 0.497 e. The number of hydrogen-bond donors (Lipinski definition) is 1. The summed E-state index contributed by atoms with van der Waals surface area (Å²) in [6.07, 6.45) is 0. The second-order valence-electron chi connectivity index (χ2n) is 4.10. The summed E-state index contributed by atoms with van der Waals surface area (Å²) < 4.78 is 6.14. The number of benzene rings is 2. The van der Waals surface area contributed by atoms with Crippen molar-refractivity contribution < 1.29 is 4.74 Å². The van der Waals surface area contributed by atoms with Gasteiger partial charge in [-0.2, -0.15) is 0 Å². The maximum atomic E-state index is 5.89. The Morgan fingerprint density at radius 3 is 2.63 bits per heavy atom. The highest BCUT2D eigenvalue weighted by atomic mass is 79.9. The van der Waals surface area contributed by atoms with Crippen LogP contribution in [0.15, 0.2) is 40.9 Å². The van der Waals surface area contributed by atoms with Crippen molar-refractivity contribution in [3.63, 3.8) is 0 Å². The molecule has 0 radical (unpaired) electrons. The molecule has 0 aliphatic carbocycles. The Morgan fingerprint density at radius 1 is 1.21 bits per heavy atom. The van der Waals surface area contributed by atoms with Gasteiger partial charge in [0, 0.05) is 21.1 Å². The smallest absolute Gasteiger partial charge is 0.138 e. The van der Waals surface area contributed by atoms with Gasteiger partial charge in [0.1, 0.15) is 17.1 Å². The van der Waals surface area contributed by atoms with Crippen molar-refractivity contribution in [2.75, 3.05) is 7.11 Å². The SMILES string of the molecule is COc1cc(Br)c2nc(-c3ccc(Cl)cc3)[nH]c2c1. The maximum Gasteiger partial charge on any atom is 0.138 e. The lowest BCUT2D eigenvalue weighted by Gasteiger charge is -1.99. The van der Waals surface area contributed by atoms with Crippen LogP contribution >= 0.6 is 27.5 Å². The van der Waals surface area contributed by atoms with Crippen LogP contribution in [-0.2, 0) is 0 Å². The van der Waals surface area contributed by atoms with Gasteiger partial charge in [0.2, 0.25) is 0 Å². The third-order valence-electron chi connectivity index (χ3n) is 2.87. The quantitative estimate of drug-likeness (QED) is 0.739. The van der Waals surface area contributed by atoms with E-state index < -0.39 is 0 Å². The van der Waals surface area contributed by atoms with Crippen molar-refractivity contribution >= 4 is 38.6 Å². The number of halogens is 2. The number of nitrogens with zero attached hydrogens (tertiary/aromatic N) is 1. The van der Waals surface area contributed by atoms with E-state index in [0.29, 0.717) is 5.02 Å². The summed E-state index contributed by atoms with van der Waals surface area (Å²) >= 11 is 9.39. The number of aromatic nitrogens is 2. The number of H-pyrrole nitrogens is 1. The maximum absolute atomic E-state index is 5.89. The second kappa shape index (κ2) is 4.87. The van der Waals surface area contributed by atoms with Crippen LogP contribution in [0.25, 0.3) is 22.4 Å². The molecule has 0 saturated heterocycles. The van der Waals surface area contributed by atoms with Crippen molar-refractivity contribution in [3.8, 4) is 17.1 Å². The van der Waals surface area contributed by atoms with Crippen LogP contribution in [0.1, 0.15) is 0 Å². The number of fused-ring (bicyclic) bond motifs is 1. The third kappa shape index (κ3) is 2.33. The van der Waals surface area contributed by atoms with Gasteiger partial charge in [-0.3, -0.25) is 0 Å². The highest BCUT2D eigenvalue weighted by molar-refractivity contribution is 9.10. The van der Waals surface area contributed by atoms with Gasteiger partial charge in [0.25, 0.3) is 0 Å². The van der Waals surface area contributed by atoms with E-state index in [4.69, 9.17) is 16.3 Å². The standard InChI is InChI=1S/C14H10BrClN2O/c1-19-10-6-11(15)13-12(7-10)17-14(18-13)8-2-4-9(16)5-3-8/h2-7H,1H3,(H,17,18). The Balaban J connectivity index is 2.16. The summed E-state index contributed by atoms with van der Waals surface area (Å²) in [5, 5.41) is 0.711. The van der Waals surface area contributed by atoms with Crippen molar-refractivity contribution in [2.45, 2.75) is 0 Å². The summed E-state index contributed by atoms with van der Waals surface area (Å²) in [6, 6.07) is 11.4. The summed E-state index contributed by atoms with van der Waals surface area (Å²) in [7, 11) is 1.64. The van der Waals surface area contributed by atoms with Gasteiger partial charge < -0.3 is 9.72 Å². The molecule has 5 heteroatoms. The highest BCUT2D eigenvalue weighted by Gasteiger charge is 2.09. The molecule has 0 aliphatic heterocycles. The number of hydrogen-bond acceptors (Lipinski definition) is 2. The van der Waals surface area contributed by atoms with Crippen molar-refractivity contribution in [1.29, 1.82) is 0 Å². The molecule has 1 aromatic heterocycles. The van der Waals surface area contributed by atoms with Crippen LogP contribution in [0.5, 0.6) is 5.75 Å². The van der Waals surface area contributed by atoms with Crippen LogP contribution in [0.3, 0.4) is 0 Å². The minimum atomic E-state index is 0.711. The molecule has 2 aromatic carbocycles.